The van der Waals surface area contributed by atoms with Gasteiger partial charge in [0.15, 0.2) is 0 Å². The zero-order valence-corrected chi connectivity index (χ0v) is 13.7. The Hall–Kier alpha value is -2.26. The summed E-state index contributed by atoms with van der Waals surface area (Å²) in [5, 5.41) is 1.30. The lowest BCUT2D eigenvalue weighted by Crippen LogP contribution is -2.12. The Balaban J connectivity index is 0.00000156. The highest BCUT2D eigenvalue weighted by Crippen LogP contribution is 2.29. The molecule has 3 N–H and O–H groups in total. The second-order valence-corrected chi connectivity index (χ2v) is 5.88. The monoisotopic (exact) mass is 325 g/mol. The molecule has 0 aliphatic heterocycles. The van der Waals surface area contributed by atoms with E-state index in [1.54, 1.807) is 0 Å². The van der Waals surface area contributed by atoms with Crippen LogP contribution in [0.15, 0.2) is 53.5 Å². The number of rotatable bonds is 2. The number of benzene rings is 2. The molecule has 3 aromatic rings. The van der Waals surface area contributed by atoms with E-state index in [9.17, 15) is 0 Å². The maximum Gasteiger partial charge on any atom is 0.131 e. The molecule has 0 saturated carbocycles. The summed E-state index contributed by atoms with van der Waals surface area (Å²) in [6.45, 7) is 0. The Morgan fingerprint density at radius 2 is 1.78 bits per heavy atom. The summed E-state index contributed by atoms with van der Waals surface area (Å²) < 4.78 is 0. The highest BCUT2D eigenvalue weighted by atomic mass is 35.5. The smallest absolute Gasteiger partial charge is 0.131 e. The number of hydrogen-bond donors (Lipinski definition) is 2. The molecule has 0 amide bonds. The first-order chi connectivity index (χ1) is 10.8. The van der Waals surface area contributed by atoms with Crippen molar-refractivity contribution in [2.24, 2.45) is 10.7 Å². The van der Waals surface area contributed by atoms with Crippen LogP contribution in [0, 0.1) is 0 Å². The molecule has 4 rings (SSSR count). The maximum atomic E-state index is 6.20. The van der Waals surface area contributed by atoms with Crippen LogP contribution in [-0.2, 0) is 12.8 Å². The fraction of sp³-hybridized carbons (Fsp3) is 0.211. The molecule has 23 heavy (non-hydrogen) atoms. The summed E-state index contributed by atoms with van der Waals surface area (Å²) in [5.41, 5.74) is 12.2. The van der Waals surface area contributed by atoms with Crippen LogP contribution < -0.4 is 5.73 Å². The van der Waals surface area contributed by atoms with E-state index in [2.05, 4.69) is 22.1 Å². The van der Waals surface area contributed by atoms with Gasteiger partial charge in [-0.15, -0.1) is 12.4 Å². The first-order valence-electron chi connectivity index (χ1n) is 7.84. The number of amidine groups is 1. The highest BCUT2D eigenvalue weighted by molar-refractivity contribution is 6.02. The molecular formula is C19H20ClN3. The van der Waals surface area contributed by atoms with E-state index in [-0.39, 0.29) is 12.4 Å². The van der Waals surface area contributed by atoms with E-state index in [0.717, 1.165) is 24.1 Å². The summed E-state index contributed by atoms with van der Waals surface area (Å²) >= 11 is 0. The summed E-state index contributed by atoms with van der Waals surface area (Å²) in [6.07, 6.45) is 4.88. The van der Waals surface area contributed by atoms with Crippen LogP contribution in [0.3, 0.4) is 0 Å². The Labute approximate surface area is 142 Å². The molecule has 0 radical (unpaired) electrons. The van der Waals surface area contributed by atoms with Crippen molar-refractivity contribution in [2.45, 2.75) is 25.7 Å². The molecular weight excluding hydrogens is 306 g/mol. The summed E-state index contributed by atoms with van der Waals surface area (Å²) in [4.78, 5) is 8.07. The lowest BCUT2D eigenvalue weighted by atomic mass is 9.95. The molecule has 1 aromatic heterocycles. The second-order valence-electron chi connectivity index (χ2n) is 5.88. The van der Waals surface area contributed by atoms with Gasteiger partial charge in [0.2, 0.25) is 0 Å². The van der Waals surface area contributed by atoms with Gasteiger partial charge in [-0.1, -0.05) is 18.2 Å². The van der Waals surface area contributed by atoms with E-state index < -0.39 is 0 Å². The molecule has 0 spiro atoms. The predicted octanol–water partition coefficient (Wildman–Crippen LogP) is 4.51. The number of aryl methyl sites for hydroxylation is 2. The molecule has 0 saturated heterocycles. The van der Waals surface area contributed by atoms with Crippen LogP contribution in [0.2, 0.25) is 0 Å². The maximum absolute atomic E-state index is 6.20. The van der Waals surface area contributed by atoms with E-state index in [1.807, 2.05) is 36.4 Å². The molecule has 0 atom stereocenters. The van der Waals surface area contributed by atoms with Crippen LogP contribution in [0.1, 0.15) is 29.7 Å². The van der Waals surface area contributed by atoms with E-state index in [1.165, 1.54) is 35.0 Å². The Morgan fingerprint density at radius 3 is 2.61 bits per heavy atom. The van der Waals surface area contributed by atoms with Crippen molar-refractivity contribution >= 4 is 34.8 Å². The van der Waals surface area contributed by atoms with Crippen LogP contribution >= 0.6 is 12.4 Å². The van der Waals surface area contributed by atoms with Crippen molar-refractivity contribution in [1.29, 1.82) is 0 Å². The quantitative estimate of drug-likeness (QED) is 0.529. The minimum Gasteiger partial charge on any atom is -0.383 e. The van der Waals surface area contributed by atoms with Gasteiger partial charge in [-0.05, 0) is 61.6 Å². The van der Waals surface area contributed by atoms with Gasteiger partial charge in [0.05, 0.1) is 5.69 Å². The average molecular weight is 326 g/mol. The SMILES string of the molecule is Cl.NC(=Nc1ccccc1)c1ccc2[nH]c3c(c2c1)CCCC3. The predicted molar refractivity (Wildman–Crippen MR) is 99.0 cm³/mol. The lowest BCUT2D eigenvalue weighted by Gasteiger charge is -2.10. The van der Waals surface area contributed by atoms with E-state index >= 15 is 0 Å². The van der Waals surface area contributed by atoms with Crippen LogP contribution in [0.25, 0.3) is 10.9 Å². The number of nitrogens with zero attached hydrogens (tertiary/aromatic N) is 1. The molecule has 1 heterocycles. The van der Waals surface area contributed by atoms with Gasteiger partial charge < -0.3 is 10.7 Å². The zero-order chi connectivity index (χ0) is 14.9. The van der Waals surface area contributed by atoms with Crippen molar-refractivity contribution in [3.05, 3.63) is 65.4 Å². The molecule has 0 fully saturated rings. The zero-order valence-electron chi connectivity index (χ0n) is 12.9. The molecule has 1 aliphatic rings. The minimum absolute atomic E-state index is 0. The third-order valence-corrected chi connectivity index (χ3v) is 4.40. The highest BCUT2D eigenvalue weighted by Gasteiger charge is 2.15. The Kier molecular flexibility index (Phi) is 4.39. The second kappa shape index (κ2) is 6.47. The number of hydrogen-bond acceptors (Lipinski definition) is 1. The Morgan fingerprint density at radius 1 is 1.00 bits per heavy atom. The van der Waals surface area contributed by atoms with Crippen molar-refractivity contribution in [2.75, 3.05) is 0 Å². The summed E-state index contributed by atoms with van der Waals surface area (Å²) in [7, 11) is 0. The number of para-hydroxylation sites is 1. The first kappa shape index (κ1) is 15.6. The first-order valence-corrected chi connectivity index (χ1v) is 7.84. The fourth-order valence-corrected chi connectivity index (χ4v) is 3.27. The van der Waals surface area contributed by atoms with Gasteiger partial charge in [-0.2, -0.15) is 0 Å². The average Bonchev–Trinajstić information content (AvgIpc) is 2.93. The third-order valence-electron chi connectivity index (χ3n) is 4.40. The molecule has 1 aliphatic carbocycles. The molecule has 118 valence electrons. The van der Waals surface area contributed by atoms with Crippen LogP contribution in [0.4, 0.5) is 5.69 Å². The van der Waals surface area contributed by atoms with Gasteiger partial charge in [0.1, 0.15) is 5.84 Å². The van der Waals surface area contributed by atoms with E-state index in [0.29, 0.717) is 5.84 Å². The minimum atomic E-state index is 0. The van der Waals surface area contributed by atoms with Gasteiger partial charge >= 0.3 is 0 Å². The van der Waals surface area contributed by atoms with Gasteiger partial charge in [0.25, 0.3) is 0 Å². The van der Waals surface area contributed by atoms with Gasteiger partial charge in [-0.25, -0.2) is 4.99 Å². The van der Waals surface area contributed by atoms with Crippen LogP contribution in [0.5, 0.6) is 0 Å². The number of nitrogens with one attached hydrogen (secondary N) is 1. The molecule has 0 unspecified atom stereocenters. The molecule has 0 bridgehead atoms. The van der Waals surface area contributed by atoms with Crippen LogP contribution in [-0.4, -0.2) is 10.8 Å². The van der Waals surface area contributed by atoms with Crippen molar-refractivity contribution in [3.63, 3.8) is 0 Å². The number of halogens is 1. The largest absolute Gasteiger partial charge is 0.383 e. The van der Waals surface area contributed by atoms with Crippen molar-refractivity contribution in [1.82, 2.24) is 4.98 Å². The number of aromatic amines is 1. The molecule has 3 nitrogen and oxygen atoms in total. The fourth-order valence-electron chi connectivity index (χ4n) is 3.27. The molecule has 4 heteroatoms. The number of H-pyrrole nitrogens is 1. The van der Waals surface area contributed by atoms with Crippen molar-refractivity contribution in [3.8, 4) is 0 Å². The summed E-state index contributed by atoms with van der Waals surface area (Å²) in [5.74, 6) is 0.568. The van der Waals surface area contributed by atoms with Gasteiger partial charge in [-0.3, -0.25) is 0 Å². The summed E-state index contributed by atoms with van der Waals surface area (Å²) in [6, 6.07) is 16.2. The number of nitrogens with two attached hydrogens (primary N) is 1. The lowest BCUT2D eigenvalue weighted by molar-refractivity contribution is 0.680. The van der Waals surface area contributed by atoms with E-state index in [4.69, 9.17) is 5.73 Å². The number of aliphatic imine (C=N–C) groups is 1. The standard InChI is InChI=1S/C19H19N3.ClH/c20-19(21-14-6-2-1-3-7-14)13-10-11-18-16(12-13)15-8-4-5-9-17(15)22-18;/h1-3,6-7,10-12,22H,4-5,8-9H2,(H2,20,21);1H. The molecule has 2 aromatic carbocycles. The van der Waals surface area contributed by atoms with Gasteiger partial charge in [0, 0.05) is 22.2 Å². The topological polar surface area (TPSA) is 54.2 Å². The third kappa shape index (κ3) is 2.97. The number of aromatic nitrogens is 1. The number of fused-ring (bicyclic) bond motifs is 3. The Bertz CT molecular complexity index is 850. The van der Waals surface area contributed by atoms with Crippen molar-refractivity contribution < 1.29 is 0 Å². The normalized spacial score (nSPS) is 14.3.